The van der Waals surface area contributed by atoms with Gasteiger partial charge in [-0.15, -0.1) is 0 Å². The number of aliphatic imine (C=N–C) groups is 1. The first-order valence-corrected chi connectivity index (χ1v) is 7.41. The monoisotopic (exact) mass is 305 g/mol. The first-order valence-electron chi connectivity index (χ1n) is 7.41. The van der Waals surface area contributed by atoms with Crippen molar-refractivity contribution in [1.82, 2.24) is 5.43 Å². The Bertz CT molecular complexity index is 556. The molecule has 1 aliphatic rings. The van der Waals surface area contributed by atoms with Crippen molar-refractivity contribution in [2.75, 3.05) is 27.9 Å². The zero-order valence-electron chi connectivity index (χ0n) is 13.4. The van der Waals surface area contributed by atoms with Crippen LogP contribution in [0.1, 0.15) is 31.2 Å². The van der Waals surface area contributed by atoms with Crippen LogP contribution in [0, 0.1) is 0 Å². The van der Waals surface area contributed by atoms with Crippen molar-refractivity contribution in [3.63, 3.8) is 0 Å². The summed E-state index contributed by atoms with van der Waals surface area (Å²) >= 11 is 0. The molecule has 0 saturated heterocycles. The van der Waals surface area contributed by atoms with Gasteiger partial charge >= 0.3 is 0 Å². The molecule has 0 atom stereocenters. The van der Waals surface area contributed by atoms with E-state index in [2.05, 4.69) is 15.5 Å². The number of methoxy groups -OCH3 is 3. The molecule has 22 heavy (non-hydrogen) atoms. The van der Waals surface area contributed by atoms with Gasteiger partial charge in [-0.3, -0.25) is 10.4 Å². The van der Waals surface area contributed by atoms with Gasteiger partial charge in [0.15, 0.2) is 11.5 Å². The summed E-state index contributed by atoms with van der Waals surface area (Å²) < 4.78 is 15.9. The van der Waals surface area contributed by atoms with Crippen LogP contribution in [0.3, 0.4) is 0 Å². The third-order valence-corrected chi connectivity index (χ3v) is 3.51. The number of hydrogen-bond donors (Lipinski definition) is 1. The van der Waals surface area contributed by atoms with E-state index in [1.165, 1.54) is 6.42 Å². The summed E-state index contributed by atoms with van der Waals surface area (Å²) in [6.45, 7) is 0.873. The summed E-state index contributed by atoms with van der Waals surface area (Å²) in [5, 5.41) is 4.26. The fourth-order valence-corrected chi connectivity index (χ4v) is 2.30. The average molecular weight is 305 g/mol. The summed E-state index contributed by atoms with van der Waals surface area (Å²) in [5.41, 5.74) is 3.83. The van der Waals surface area contributed by atoms with Crippen molar-refractivity contribution < 1.29 is 14.2 Å². The predicted octanol–water partition coefficient (Wildman–Crippen LogP) is 2.61. The van der Waals surface area contributed by atoms with E-state index in [0.29, 0.717) is 17.2 Å². The second kappa shape index (κ2) is 8.26. The molecule has 0 amide bonds. The zero-order valence-corrected chi connectivity index (χ0v) is 13.4. The van der Waals surface area contributed by atoms with Crippen molar-refractivity contribution in [3.8, 4) is 17.2 Å². The molecule has 2 rings (SSSR count). The lowest BCUT2D eigenvalue weighted by molar-refractivity contribution is 0.349. The first kappa shape index (κ1) is 16.1. The van der Waals surface area contributed by atoms with Gasteiger partial charge in [-0.05, 0) is 18.9 Å². The molecule has 1 aliphatic heterocycles. The van der Waals surface area contributed by atoms with Crippen LogP contribution in [0.5, 0.6) is 17.2 Å². The molecule has 0 spiro atoms. The Morgan fingerprint density at radius 1 is 1.00 bits per heavy atom. The molecule has 0 aliphatic carbocycles. The lowest BCUT2D eigenvalue weighted by Crippen LogP contribution is -2.17. The van der Waals surface area contributed by atoms with Gasteiger partial charge in [-0.1, -0.05) is 6.42 Å². The van der Waals surface area contributed by atoms with Crippen molar-refractivity contribution in [3.05, 3.63) is 17.7 Å². The molecule has 0 fully saturated rings. The number of benzene rings is 1. The zero-order chi connectivity index (χ0) is 15.8. The normalized spacial score (nSPS) is 15.1. The summed E-state index contributed by atoms with van der Waals surface area (Å²) in [4.78, 5) is 4.47. The van der Waals surface area contributed by atoms with Crippen LogP contribution >= 0.6 is 0 Å². The molecular weight excluding hydrogens is 282 g/mol. The van der Waals surface area contributed by atoms with E-state index < -0.39 is 0 Å². The summed E-state index contributed by atoms with van der Waals surface area (Å²) in [6, 6.07) is 3.61. The minimum atomic E-state index is 0.623. The maximum absolute atomic E-state index is 5.37. The van der Waals surface area contributed by atoms with Crippen LogP contribution in [0.15, 0.2) is 22.2 Å². The van der Waals surface area contributed by atoms with Crippen LogP contribution in [0.25, 0.3) is 0 Å². The van der Waals surface area contributed by atoms with Crippen molar-refractivity contribution in [1.29, 1.82) is 0 Å². The lowest BCUT2D eigenvalue weighted by atomic mass is 10.2. The van der Waals surface area contributed by atoms with Gasteiger partial charge in [0.05, 0.1) is 27.5 Å². The van der Waals surface area contributed by atoms with Crippen molar-refractivity contribution in [2.24, 2.45) is 10.1 Å². The van der Waals surface area contributed by atoms with Crippen LogP contribution in [-0.4, -0.2) is 39.9 Å². The molecule has 0 unspecified atom stereocenters. The summed E-state index contributed by atoms with van der Waals surface area (Å²) in [7, 11) is 4.81. The van der Waals surface area contributed by atoms with E-state index in [1.807, 2.05) is 6.07 Å². The number of amidine groups is 1. The summed E-state index contributed by atoms with van der Waals surface area (Å²) in [6.07, 6.45) is 6.18. The Hall–Kier alpha value is -2.24. The van der Waals surface area contributed by atoms with Gasteiger partial charge in [0, 0.05) is 24.6 Å². The Balaban J connectivity index is 2.13. The third-order valence-electron chi connectivity index (χ3n) is 3.51. The van der Waals surface area contributed by atoms with Gasteiger partial charge in [0.1, 0.15) is 11.6 Å². The van der Waals surface area contributed by atoms with E-state index in [-0.39, 0.29) is 0 Å². The number of nitrogens with one attached hydrogen (secondary N) is 1. The second-order valence-corrected chi connectivity index (χ2v) is 4.96. The fraction of sp³-hybridized carbons (Fsp3) is 0.500. The lowest BCUT2D eigenvalue weighted by Gasteiger charge is -2.11. The van der Waals surface area contributed by atoms with Gasteiger partial charge in [-0.2, -0.15) is 5.10 Å². The molecular formula is C16H23N3O3. The fourth-order valence-electron chi connectivity index (χ4n) is 2.30. The highest BCUT2D eigenvalue weighted by Crippen LogP contribution is 2.33. The number of nitrogens with zero attached hydrogens (tertiary/aromatic N) is 2. The number of ether oxygens (including phenoxy) is 3. The topological polar surface area (TPSA) is 64.4 Å². The Labute approximate surface area is 131 Å². The van der Waals surface area contributed by atoms with E-state index in [0.717, 1.165) is 37.2 Å². The highest BCUT2D eigenvalue weighted by atomic mass is 16.5. The molecule has 120 valence electrons. The van der Waals surface area contributed by atoms with Gasteiger partial charge < -0.3 is 14.2 Å². The van der Waals surface area contributed by atoms with Gasteiger partial charge in [0.25, 0.3) is 0 Å². The van der Waals surface area contributed by atoms with Crippen LogP contribution < -0.4 is 19.6 Å². The minimum absolute atomic E-state index is 0.623. The maximum atomic E-state index is 5.37. The number of hydrazone groups is 1. The first-order chi connectivity index (χ1) is 10.8. The molecule has 1 heterocycles. The van der Waals surface area contributed by atoms with Crippen LogP contribution in [0.2, 0.25) is 0 Å². The van der Waals surface area contributed by atoms with Gasteiger partial charge in [-0.25, -0.2) is 0 Å². The van der Waals surface area contributed by atoms with Crippen molar-refractivity contribution in [2.45, 2.75) is 25.7 Å². The molecule has 0 radical (unpaired) electrons. The molecule has 1 aromatic rings. The molecule has 1 N–H and O–H groups in total. The number of hydrogen-bond acceptors (Lipinski definition) is 6. The molecule has 6 nitrogen and oxygen atoms in total. The highest BCUT2D eigenvalue weighted by Gasteiger charge is 2.10. The molecule has 6 heteroatoms. The maximum Gasteiger partial charge on any atom is 0.164 e. The smallest absolute Gasteiger partial charge is 0.164 e. The Kier molecular flexibility index (Phi) is 6.06. The van der Waals surface area contributed by atoms with Crippen LogP contribution in [0.4, 0.5) is 0 Å². The Morgan fingerprint density at radius 2 is 1.73 bits per heavy atom. The van der Waals surface area contributed by atoms with Crippen LogP contribution in [-0.2, 0) is 0 Å². The van der Waals surface area contributed by atoms with E-state index in [4.69, 9.17) is 14.2 Å². The van der Waals surface area contributed by atoms with Gasteiger partial charge in [0.2, 0.25) is 0 Å². The largest absolute Gasteiger partial charge is 0.496 e. The molecule has 0 bridgehead atoms. The SMILES string of the molecule is COc1cc(OC)c(OC)cc1/C=N/NC1=NCCCCC1. The molecule has 1 aromatic carbocycles. The quantitative estimate of drug-likeness (QED) is 0.671. The third kappa shape index (κ3) is 4.13. The second-order valence-electron chi connectivity index (χ2n) is 4.96. The predicted molar refractivity (Wildman–Crippen MR) is 87.6 cm³/mol. The average Bonchev–Trinajstić information content (AvgIpc) is 2.83. The summed E-state index contributed by atoms with van der Waals surface area (Å²) in [5.74, 6) is 2.87. The standard InChI is InChI=1S/C16H23N3O3/c1-20-13-10-15(22-3)14(21-2)9-12(13)11-18-19-16-7-5-4-6-8-17-16/h9-11H,4-8H2,1-3H3,(H,17,19)/b18-11+. The highest BCUT2D eigenvalue weighted by molar-refractivity contribution is 5.87. The molecule has 0 saturated carbocycles. The Morgan fingerprint density at radius 3 is 2.45 bits per heavy atom. The van der Waals surface area contributed by atoms with E-state index in [1.54, 1.807) is 33.6 Å². The molecule has 0 aromatic heterocycles. The number of rotatable bonds is 5. The minimum Gasteiger partial charge on any atom is -0.496 e. The van der Waals surface area contributed by atoms with Crippen molar-refractivity contribution >= 4 is 12.1 Å². The van der Waals surface area contributed by atoms with E-state index >= 15 is 0 Å². The van der Waals surface area contributed by atoms with E-state index in [9.17, 15) is 0 Å².